The molecule has 0 amide bonds. The van der Waals surface area contributed by atoms with Gasteiger partial charge in [0, 0.05) is 12.8 Å². The lowest BCUT2D eigenvalue weighted by atomic mass is 10.0. The number of unbranched alkanes of at least 4 members (excludes halogenated alkanes) is 34. The molecule has 0 saturated heterocycles. The highest BCUT2D eigenvalue weighted by atomic mass is 31.2. The third-order valence-corrected chi connectivity index (χ3v) is 13.5. The minimum absolute atomic E-state index is 0.0347. The van der Waals surface area contributed by atoms with Gasteiger partial charge < -0.3 is 18.9 Å². The van der Waals surface area contributed by atoms with Crippen molar-refractivity contribution in [3.63, 3.8) is 0 Å². The van der Waals surface area contributed by atoms with E-state index >= 15 is 0 Å². The maximum absolute atomic E-state index is 12.8. The predicted octanol–water partition coefficient (Wildman–Crippen LogP) is 17.0. The Morgan fingerprint density at radius 3 is 1.20 bits per heavy atom. The van der Waals surface area contributed by atoms with Gasteiger partial charge in [0.25, 0.3) is 0 Å². The fraction of sp³-hybridized carbons (Fsp3) is 0.893. The second-order valence-corrected chi connectivity index (χ2v) is 21.8. The van der Waals surface area contributed by atoms with E-state index in [1.54, 1.807) is 0 Å². The van der Waals surface area contributed by atoms with Gasteiger partial charge in [0.2, 0.25) is 0 Å². The monoisotopic (exact) mass is 955 g/mol. The van der Waals surface area contributed by atoms with Gasteiger partial charge in [-0.1, -0.05) is 237 Å². The van der Waals surface area contributed by atoms with E-state index in [0.717, 1.165) is 38.5 Å². The molecule has 0 spiro atoms. The number of phosphoric acid groups is 1. The zero-order valence-electron chi connectivity index (χ0n) is 44.2. The van der Waals surface area contributed by atoms with E-state index in [-0.39, 0.29) is 25.6 Å². The number of hydrogen-bond donors (Lipinski definition) is 1. The summed E-state index contributed by atoms with van der Waals surface area (Å²) in [5.41, 5.74) is 0. The Balaban J connectivity index is 4.11. The Hall–Kier alpha value is -1.51. The highest BCUT2D eigenvalue weighted by Gasteiger charge is 2.27. The molecule has 0 aromatic carbocycles. The molecule has 66 heavy (non-hydrogen) atoms. The van der Waals surface area contributed by atoms with Crippen LogP contribution in [0.25, 0.3) is 0 Å². The third-order valence-electron chi connectivity index (χ3n) is 12.5. The van der Waals surface area contributed by atoms with Gasteiger partial charge in [-0.3, -0.25) is 18.6 Å². The summed E-state index contributed by atoms with van der Waals surface area (Å²) in [7, 11) is 1.49. The predicted molar refractivity (Wildman–Crippen MR) is 280 cm³/mol. The number of nitrogens with zero attached hydrogens (tertiary/aromatic N) is 1. The van der Waals surface area contributed by atoms with Crippen molar-refractivity contribution in [3.05, 3.63) is 24.3 Å². The number of allylic oxidation sites excluding steroid dienone is 4. The maximum Gasteiger partial charge on any atom is 0.472 e. The van der Waals surface area contributed by atoms with Crippen molar-refractivity contribution in [2.75, 3.05) is 47.5 Å². The van der Waals surface area contributed by atoms with Gasteiger partial charge in [0.15, 0.2) is 6.10 Å². The lowest BCUT2D eigenvalue weighted by Crippen LogP contribution is -2.37. The molecule has 9 nitrogen and oxygen atoms in total. The first-order chi connectivity index (χ1) is 32.0. The molecule has 0 aromatic heterocycles. The summed E-state index contributed by atoms with van der Waals surface area (Å²) in [4.78, 5) is 35.6. The fourth-order valence-electron chi connectivity index (χ4n) is 8.11. The molecule has 1 N–H and O–H groups in total. The summed E-state index contributed by atoms with van der Waals surface area (Å²) >= 11 is 0. The summed E-state index contributed by atoms with van der Waals surface area (Å²) in [6.07, 6.45) is 56.7. The van der Waals surface area contributed by atoms with E-state index in [0.29, 0.717) is 23.9 Å². The van der Waals surface area contributed by atoms with Crippen LogP contribution in [-0.4, -0.2) is 74.9 Å². The first-order valence-electron chi connectivity index (χ1n) is 28.1. The summed E-state index contributed by atoms with van der Waals surface area (Å²) < 4.78 is 34.5. The second kappa shape index (κ2) is 48.5. The number of carbonyl (C=O) groups is 2. The smallest absolute Gasteiger partial charge is 0.462 e. The topological polar surface area (TPSA) is 108 Å². The van der Waals surface area contributed by atoms with Crippen LogP contribution in [0.1, 0.15) is 271 Å². The van der Waals surface area contributed by atoms with Crippen LogP contribution in [0, 0.1) is 0 Å². The third kappa shape index (κ3) is 51.9. The summed E-state index contributed by atoms with van der Waals surface area (Å²) in [6.45, 7) is 4.46. The van der Waals surface area contributed by atoms with Crippen LogP contribution in [0.3, 0.4) is 0 Å². The molecule has 0 bridgehead atoms. The maximum atomic E-state index is 12.8. The Kier molecular flexibility index (Phi) is 47.4. The average Bonchev–Trinajstić information content (AvgIpc) is 3.27. The van der Waals surface area contributed by atoms with Crippen molar-refractivity contribution in [1.82, 2.24) is 0 Å². The van der Waals surface area contributed by atoms with Crippen LogP contribution in [0.5, 0.6) is 0 Å². The molecule has 2 atom stereocenters. The highest BCUT2D eigenvalue weighted by molar-refractivity contribution is 7.47. The van der Waals surface area contributed by atoms with Crippen molar-refractivity contribution in [2.24, 2.45) is 0 Å². The minimum atomic E-state index is -4.38. The number of hydrogen-bond acceptors (Lipinski definition) is 7. The van der Waals surface area contributed by atoms with Crippen LogP contribution in [-0.2, 0) is 32.7 Å². The van der Waals surface area contributed by atoms with Crippen LogP contribution in [0.2, 0.25) is 0 Å². The second-order valence-electron chi connectivity index (χ2n) is 20.3. The molecule has 0 aromatic rings. The van der Waals surface area contributed by atoms with E-state index in [9.17, 15) is 19.0 Å². The van der Waals surface area contributed by atoms with Crippen LogP contribution in [0.15, 0.2) is 24.3 Å². The molecule has 0 radical (unpaired) electrons. The van der Waals surface area contributed by atoms with Gasteiger partial charge in [-0.2, -0.15) is 0 Å². The van der Waals surface area contributed by atoms with E-state index in [1.165, 1.54) is 199 Å². The molecule has 390 valence electrons. The van der Waals surface area contributed by atoms with Gasteiger partial charge in [-0.05, 0) is 44.9 Å². The standard InChI is InChI=1S/C56H108NO8P/c1-6-8-10-12-14-16-18-20-22-23-24-25-26-27-28-29-30-31-32-33-35-37-39-41-43-45-47-49-56(59)65-54(53-64-66(60,61)63-51-50-57(3,4)5)52-62-55(58)48-46-44-42-40-38-36-34-21-19-17-15-13-11-9-7-2/h18,20,23-24,54H,6-17,19,21-22,25-53H2,1-5H3/p+1/b20-18-,24-23-. The van der Waals surface area contributed by atoms with Crippen molar-refractivity contribution in [2.45, 2.75) is 277 Å². The zero-order valence-corrected chi connectivity index (χ0v) is 45.1. The molecular weight excluding hydrogens is 846 g/mol. The van der Waals surface area contributed by atoms with Crippen LogP contribution < -0.4 is 0 Å². The first kappa shape index (κ1) is 64.5. The average molecular weight is 955 g/mol. The van der Waals surface area contributed by atoms with Gasteiger partial charge in [-0.15, -0.1) is 0 Å². The van der Waals surface area contributed by atoms with Gasteiger partial charge in [0.05, 0.1) is 27.7 Å². The van der Waals surface area contributed by atoms with Gasteiger partial charge in [0.1, 0.15) is 19.8 Å². The van der Waals surface area contributed by atoms with E-state index in [1.807, 2.05) is 21.1 Å². The minimum Gasteiger partial charge on any atom is -0.462 e. The highest BCUT2D eigenvalue weighted by Crippen LogP contribution is 2.43. The lowest BCUT2D eigenvalue weighted by Gasteiger charge is -2.24. The van der Waals surface area contributed by atoms with Crippen LogP contribution >= 0.6 is 7.82 Å². The summed E-state index contributed by atoms with van der Waals surface area (Å²) in [5.74, 6) is -0.783. The molecule has 0 fully saturated rings. The summed E-state index contributed by atoms with van der Waals surface area (Å²) in [5, 5.41) is 0. The van der Waals surface area contributed by atoms with Crippen molar-refractivity contribution < 1.29 is 42.1 Å². The molecule has 0 aliphatic heterocycles. The number of carbonyl (C=O) groups excluding carboxylic acids is 2. The van der Waals surface area contributed by atoms with E-state index in [2.05, 4.69) is 38.2 Å². The van der Waals surface area contributed by atoms with E-state index in [4.69, 9.17) is 18.5 Å². The molecular formula is C56H109NO8P+. The number of rotatable bonds is 52. The SMILES string of the molecule is CCCCCCC/C=C\C/C=C\CCCCCCCCCCCCCCCCCC(=O)OC(COC(=O)CCCCCCCCCCCCCCCCC)COP(=O)(O)OCC[N+](C)(C)C. The van der Waals surface area contributed by atoms with Crippen molar-refractivity contribution in [3.8, 4) is 0 Å². The number of phosphoric ester groups is 1. The molecule has 0 heterocycles. The van der Waals surface area contributed by atoms with Crippen LogP contribution in [0.4, 0.5) is 0 Å². The zero-order chi connectivity index (χ0) is 48.5. The Morgan fingerprint density at radius 2 is 0.818 bits per heavy atom. The number of likely N-dealkylation sites (N-methyl/N-ethyl adjacent to an activating group) is 1. The largest absolute Gasteiger partial charge is 0.472 e. The van der Waals surface area contributed by atoms with Gasteiger partial charge in [-0.25, -0.2) is 4.57 Å². The lowest BCUT2D eigenvalue weighted by molar-refractivity contribution is -0.870. The summed E-state index contributed by atoms with van der Waals surface area (Å²) in [6, 6.07) is 0. The first-order valence-corrected chi connectivity index (χ1v) is 29.6. The normalized spacial score (nSPS) is 13.5. The van der Waals surface area contributed by atoms with E-state index < -0.39 is 26.5 Å². The Morgan fingerprint density at radius 1 is 0.470 bits per heavy atom. The number of quaternary nitrogens is 1. The molecule has 0 rings (SSSR count). The molecule has 2 unspecified atom stereocenters. The molecule has 0 aliphatic carbocycles. The molecule has 0 saturated carbocycles. The number of ether oxygens (including phenoxy) is 2. The molecule has 0 aliphatic rings. The van der Waals surface area contributed by atoms with Crippen molar-refractivity contribution >= 4 is 19.8 Å². The fourth-order valence-corrected chi connectivity index (χ4v) is 8.85. The quantitative estimate of drug-likeness (QED) is 0.0211. The Bertz CT molecular complexity index is 1170. The molecule has 10 heteroatoms. The Labute approximate surface area is 409 Å². The number of esters is 2. The van der Waals surface area contributed by atoms with Gasteiger partial charge >= 0.3 is 19.8 Å². The van der Waals surface area contributed by atoms with Crippen molar-refractivity contribution in [1.29, 1.82) is 0 Å².